The Morgan fingerprint density at radius 1 is 1.54 bits per heavy atom. The van der Waals surface area contributed by atoms with E-state index >= 15 is 0 Å². The number of rotatable bonds is 5. The maximum absolute atomic E-state index is 11.6. The fourth-order valence-electron chi connectivity index (χ4n) is 1.45. The second-order valence-corrected chi connectivity index (χ2v) is 3.19. The number of carbonyl (C=O) groups excluding carboxylic acids is 1. The molecule has 3 nitrogen and oxygen atoms in total. The number of hydrogen-bond donors (Lipinski definition) is 1. The van der Waals surface area contributed by atoms with Gasteiger partial charge in [-0.15, -0.1) is 0 Å². The molecular formula is C10H16N2O. The van der Waals surface area contributed by atoms with Crippen LogP contribution in [0.1, 0.15) is 32.5 Å². The quantitative estimate of drug-likeness (QED) is 0.752. The Kier molecular flexibility index (Phi) is 3.68. The average molecular weight is 180 g/mol. The Labute approximate surface area is 78.6 Å². The van der Waals surface area contributed by atoms with Crippen molar-refractivity contribution in [2.75, 3.05) is 0 Å². The zero-order chi connectivity index (χ0) is 9.68. The molecule has 1 rings (SSSR count). The van der Waals surface area contributed by atoms with Gasteiger partial charge in [-0.05, 0) is 12.8 Å². The molecule has 0 saturated heterocycles. The Morgan fingerprint density at radius 2 is 2.23 bits per heavy atom. The molecule has 0 aromatic carbocycles. The van der Waals surface area contributed by atoms with Crippen LogP contribution in [0.4, 0.5) is 0 Å². The predicted octanol–water partition coefficient (Wildman–Crippen LogP) is 1.96. The molecule has 0 saturated carbocycles. The van der Waals surface area contributed by atoms with Gasteiger partial charge in [-0.1, -0.05) is 13.8 Å². The molecule has 72 valence electrons. The molecule has 0 amide bonds. The Balaban J connectivity index is 2.49. The summed E-state index contributed by atoms with van der Waals surface area (Å²) in [5.41, 5.74) is 0. The zero-order valence-electron chi connectivity index (χ0n) is 8.21. The maximum atomic E-state index is 11.6. The molecule has 1 N–H and O–H groups in total. The van der Waals surface area contributed by atoms with Crippen LogP contribution in [0.3, 0.4) is 0 Å². The number of carbonyl (C=O) groups is 1. The van der Waals surface area contributed by atoms with Crippen molar-refractivity contribution in [2.24, 2.45) is 5.92 Å². The lowest BCUT2D eigenvalue weighted by atomic mass is 9.96. The molecule has 0 fully saturated rings. The molecule has 0 aliphatic carbocycles. The number of Topliss-reactive ketones (excluding diaryl/α,β-unsaturated/α-hetero) is 1. The van der Waals surface area contributed by atoms with E-state index in [1.165, 1.54) is 0 Å². The molecule has 0 bridgehead atoms. The molecule has 0 aliphatic rings. The molecule has 0 spiro atoms. The summed E-state index contributed by atoms with van der Waals surface area (Å²) in [6.45, 7) is 4.10. The second kappa shape index (κ2) is 4.80. The summed E-state index contributed by atoms with van der Waals surface area (Å²) in [7, 11) is 0. The van der Waals surface area contributed by atoms with E-state index in [2.05, 4.69) is 9.97 Å². The number of H-pyrrole nitrogens is 1. The number of nitrogens with one attached hydrogen (secondary N) is 1. The van der Waals surface area contributed by atoms with Crippen molar-refractivity contribution in [1.82, 2.24) is 9.97 Å². The summed E-state index contributed by atoms with van der Waals surface area (Å²) < 4.78 is 0. The number of hydrogen-bond acceptors (Lipinski definition) is 2. The standard InChI is InChI=1S/C10H16N2O/c1-3-8(4-2)9(13)7-10-11-5-6-12-10/h5-6,8H,3-4,7H2,1-2H3,(H,11,12). The summed E-state index contributed by atoms with van der Waals surface area (Å²) in [5.74, 6) is 1.27. The van der Waals surface area contributed by atoms with Crippen LogP contribution in [0, 0.1) is 5.92 Å². The third kappa shape index (κ3) is 2.68. The van der Waals surface area contributed by atoms with Gasteiger partial charge in [0.1, 0.15) is 11.6 Å². The van der Waals surface area contributed by atoms with E-state index < -0.39 is 0 Å². The van der Waals surface area contributed by atoms with E-state index in [9.17, 15) is 4.79 Å². The minimum atomic E-state index is 0.199. The van der Waals surface area contributed by atoms with Crippen LogP contribution in [0.15, 0.2) is 12.4 Å². The zero-order valence-corrected chi connectivity index (χ0v) is 8.21. The van der Waals surface area contributed by atoms with Crippen molar-refractivity contribution in [3.63, 3.8) is 0 Å². The highest BCUT2D eigenvalue weighted by molar-refractivity contribution is 5.82. The number of aromatic nitrogens is 2. The van der Waals surface area contributed by atoms with Crippen LogP contribution >= 0.6 is 0 Å². The van der Waals surface area contributed by atoms with Gasteiger partial charge in [0.05, 0.1) is 6.42 Å². The summed E-state index contributed by atoms with van der Waals surface area (Å²) in [5, 5.41) is 0. The second-order valence-electron chi connectivity index (χ2n) is 3.19. The SMILES string of the molecule is CCC(CC)C(=O)Cc1ncc[nH]1. The molecule has 0 atom stereocenters. The molecule has 1 aromatic rings. The maximum Gasteiger partial charge on any atom is 0.143 e. The molecule has 13 heavy (non-hydrogen) atoms. The first-order valence-corrected chi connectivity index (χ1v) is 4.78. The molecule has 3 heteroatoms. The number of ketones is 1. The van der Waals surface area contributed by atoms with E-state index in [4.69, 9.17) is 0 Å². The van der Waals surface area contributed by atoms with E-state index in [-0.39, 0.29) is 5.92 Å². The van der Waals surface area contributed by atoms with E-state index in [0.29, 0.717) is 12.2 Å². The minimum Gasteiger partial charge on any atom is -0.348 e. The highest BCUT2D eigenvalue weighted by Crippen LogP contribution is 2.10. The van der Waals surface area contributed by atoms with Crippen LogP contribution in [0.2, 0.25) is 0 Å². The Hall–Kier alpha value is -1.12. The lowest BCUT2D eigenvalue weighted by Crippen LogP contribution is -2.15. The van der Waals surface area contributed by atoms with Crippen molar-refractivity contribution in [3.8, 4) is 0 Å². The largest absolute Gasteiger partial charge is 0.348 e. The number of imidazole rings is 1. The highest BCUT2D eigenvalue weighted by atomic mass is 16.1. The highest BCUT2D eigenvalue weighted by Gasteiger charge is 2.15. The third-order valence-corrected chi connectivity index (χ3v) is 2.34. The van der Waals surface area contributed by atoms with Gasteiger partial charge in [0.25, 0.3) is 0 Å². The molecule has 0 radical (unpaired) electrons. The first-order chi connectivity index (χ1) is 6.27. The van der Waals surface area contributed by atoms with Crippen LogP contribution in [-0.2, 0) is 11.2 Å². The molecule has 0 aliphatic heterocycles. The van der Waals surface area contributed by atoms with Gasteiger partial charge in [0.2, 0.25) is 0 Å². The van der Waals surface area contributed by atoms with Crippen molar-refractivity contribution in [3.05, 3.63) is 18.2 Å². The summed E-state index contributed by atoms with van der Waals surface area (Å²) >= 11 is 0. The van der Waals surface area contributed by atoms with Crippen LogP contribution in [-0.4, -0.2) is 15.8 Å². The van der Waals surface area contributed by atoms with Gasteiger partial charge >= 0.3 is 0 Å². The topological polar surface area (TPSA) is 45.8 Å². The number of nitrogens with zero attached hydrogens (tertiary/aromatic N) is 1. The van der Waals surface area contributed by atoms with Gasteiger partial charge in [-0.2, -0.15) is 0 Å². The van der Waals surface area contributed by atoms with Crippen molar-refractivity contribution >= 4 is 5.78 Å². The van der Waals surface area contributed by atoms with Crippen molar-refractivity contribution in [2.45, 2.75) is 33.1 Å². The fourth-order valence-corrected chi connectivity index (χ4v) is 1.45. The van der Waals surface area contributed by atoms with Gasteiger partial charge in [-0.3, -0.25) is 4.79 Å². The van der Waals surface area contributed by atoms with E-state index in [1.807, 2.05) is 13.8 Å². The summed E-state index contributed by atoms with van der Waals surface area (Å²) in [4.78, 5) is 18.6. The van der Waals surface area contributed by atoms with Crippen LogP contribution < -0.4 is 0 Å². The van der Waals surface area contributed by atoms with Crippen molar-refractivity contribution < 1.29 is 4.79 Å². The lowest BCUT2D eigenvalue weighted by Gasteiger charge is -2.08. The van der Waals surface area contributed by atoms with E-state index in [0.717, 1.165) is 18.7 Å². The average Bonchev–Trinajstić information content (AvgIpc) is 2.59. The normalized spacial score (nSPS) is 10.7. The first-order valence-electron chi connectivity index (χ1n) is 4.78. The molecule has 1 heterocycles. The molecule has 1 aromatic heterocycles. The minimum absolute atomic E-state index is 0.199. The van der Waals surface area contributed by atoms with Gasteiger partial charge in [0.15, 0.2) is 0 Å². The van der Waals surface area contributed by atoms with Gasteiger partial charge < -0.3 is 4.98 Å². The Bertz CT molecular complexity index is 250. The van der Waals surface area contributed by atoms with Crippen LogP contribution in [0.25, 0.3) is 0 Å². The summed E-state index contributed by atoms with van der Waals surface area (Å²) in [6, 6.07) is 0. The first kappa shape index (κ1) is 9.96. The smallest absolute Gasteiger partial charge is 0.143 e. The molecular weight excluding hydrogens is 164 g/mol. The van der Waals surface area contributed by atoms with Crippen molar-refractivity contribution in [1.29, 1.82) is 0 Å². The predicted molar refractivity (Wildman–Crippen MR) is 51.4 cm³/mol. The third-order valence-electron chi connectivity index (χ3n) is 2.34. The Morgan fingerprint density at radius 3 is 2.69 bits per heavy atom. The van der Waals surface area contributed by atoms with Crippen LogP contribution in [0.5, 0.6) is 0 Å². The molecule has 0 unspecified atom stereocenters. The number of aromatic amines is 1. The van der Waals surface area contributed by atoms with E-state index in [1.54, 1.807) is 12.4 Å². The lowest BCUT2D eigenvalue weighted by molar-refractivity contribution is -0.122. The van der Waals surface area contributed by atoms with Gasteiger partial charge in [0, 0.05) is 18.3 Å². The summed E-state index contributed by atoms with van der Waals surface area (Å²) in [6.07, 6.45) is 5.72. The van der Waals surface area contributed by atoms with Gasteiger partial charge in [-0.25, -0.2) is 4.98 Å². The fraction of sp³-hybridized carbons (Fsp3) is 0.600. The monoisotopic (exact) mass is 180 g/mol.